The molecule has 0 aliphatic rings. The van der Waals surface area contributed by atoms with Gasteiger partial charge in [0.25, 0.3) is 0 Å². The van der Waals surface area contributed by atoms with E-state index in [0.29, 0.717) is 5.75 Å². The number of hydrogen-bond acceptors (Lipinski definition) is 3. The van der Waals surface area contributed by atoms with Crippen LogP contribution in [0.5, 0.6) is 11.5 Å². The van der Waals surface area contributed by atoms with Crippen molar-refractivity contribution < 1.29 is 14.9 Å². The summed E-state index contributed by atoms with van der Waals surface area (Å²) < 4.78 is 5.12. The molecule has 0 fully saturated rings. The van der Waals surface area contributed by atoms with Crippen LogP contribution >= 0.6 is 0 Å². The van der Waals surface area contributed by atoms with Crippen molar-refractivity contribution in [2.45, 2.75) is 6.92 Å². The van der Waals surface area contributed by atoms with Crippen LogP contribution in [0.25, 0.3) is 0 Å². The minimum absolute atomic E-state index is 0.0478. The van der Waals surface area contributed by atoms with E-state index in [2.05, 4.69) is 0 Å². The average molecular weight is 168 g/mol. The third-order valence-corrected chi connectivity index (χ3v) is 1.53. The van der Waals surface area contributed by atoms with Gasteiger partial charge in [0, 0.05) is 0 Å². The van der Waals surface area contributed by atoms with Crippen molar-refractivity contribution in [2.75, 3.05) is 13.2 Å². The van der Waals surface area contributed by atoms with Crippen LogP contribution in [-0.4, -0.2) is 23.4 Å². The highest BCUT2D eigenvalue weighted by molar-refractivity contribution is 5.44. The van der Waals surface area contributed by atoms with Gasteiger partial charge in [-0.2, -0.15) is 0 Å². The second kappa shape index (κ2) is 3.97. The molecule has 0 atom stereocenters. The fourth-order valence-corrected chi connectivity index (χ4v) is 0.972. The Morgan fingerprint density at radius 2 is 2.17 bits per heavy atom. The van der Waals surface area contributed by atoms with E-state index in [-0.39, 0.29) is 19.0 Å². The molecule has 66 valence electrons. The molecule has 2 N–H and O–H groups in total. The lowest BCUT2D eigenvalue weighted by Gasteiger charge is -2.08. The Kier molecular flexibility index (Phi) is 2.94. The molecule has 3 heteroatoms. The number of aromatic hydroxyl groups is 1. The predicted molar refractivity (Wildman–Crippen MR) is 45.4 cm³/mol. The summed E-state index contributed by atoms with van der Waals surface area (Å²) in [6, 6.07) is 5.14. The number of aliphatic hydroxyl groups is 1. The Balaban J connectivity index is 2.81. The molecule has 0 amide bonds. The third-order valence-electron chi connectivity index (χ3n) is 1.53. The number of hydrogen-bond donors (Lipinski definition) is 2. The van der Waals surface area contributed by atoms with E-state index < -0.39 is 0 Å². The van der Waals surface area contributed by atoms with Crippen molar-refractivity contribution in [1.82, 2.24) is 0 Å². The van der Waals surface area contributed by atoms with E-state index in [4.69, 9.17) is 9.84 Å². The fourth-order valence-electron chi connectivity index (χ4n) is 0.972. The zero-order valence-electron chi connectivity index (χ0n) is 6.95. The van der Waals surface area contributed by atoms with Gasteiger partial charge in [-0.3, -0.25) is 0 Å². The van der Waals surface area contributed by atoms with Crippen LogP contribution in [-0.2, 0) is 0 Å². The quantitative estimate of drug-likeness (QED) is 0.709. The van der Waals surface area contributed by atoms with Gasteiger partial charge in [-0.05, 0) is 18.6 Å². The lowest BCUT2D eigenvalue weighted by molar-refractivity contribution is 0.196. The Morgan fingerprint density at radius 1 is 1.42 bits per heavy atom. The number of phenols is 1. The summed E-state index contributed by atoms with van der Waals surface area (Å²) in [5.74, 6) is 0.565. The maximum absolute atomic E-state index is 9.31. The minimum atomic E-state index is -0.0478. The third kappa shape index (κ3) is 1.89. The Bertz CT molecular complexity index is 238. The molecule has 0 radical (unpaired) electrons. The molecule has 0 heterocycles. The lowest BCUT2D eigenvalue weighted by atomic mass is 10.2. The Morgan fingerprint density at radius 3 is 2.75 bits per heavy atom. The standard InChI is InChI=1S/C9H12O3/c1-7-3-2-4-8(11)9(7)12-6-5-10/h2-4,10-11H,5-6H2,1H3. The molecule has 0 aromatic heterocycles. The van der Waals surface area contributed by atoms with E-state index >= 15 is 0 Å². The molecule has 1 rings (SSSR count). The maximum Gasteiger partial charge on any atom is 0.163 e. The van der Waals surface area contributed by atoms with Gasteiger partial charge in [0.2, 0.25) is 0 Å². The number of aliphatic hydroxyl groups excluding tert-OH is 1. The van der Waals surface area contributed by atoms with Crippen LogP contribution in [0.15, 0.2) is 18.2 Å². The zero-order chi connectivity index (χ0) is 8.97. The van der Waals surface area contributed by atoms with Gasteiger partial charge >= 0.3 is 0 Å². The van der Waals surface area contributed by atoms with Gasteiger partial charge in [0.15, 0.2) is 11.5 Å². The summed E-state index contributed by atoms with van der Waals surface area (Å²) in [4.78, 5) is 0. The molecular weight excluding hydrogens is 156 g/mol. The van der Waals surface area contributed by atoms with Crippen molar-refractivity contribution in [2.24, 2.45) is 0 Å². The van der Waals surface area contributed by atoms with Gasteiger partial charge in [0.05, 0.1) is 6.61 Å². The van der Waals surface area contributed by atoms with Crippen molar-refractivity contribution in [3.63, 3.8) is 0 Å². The average Bonchev–Trinajstić information content (AvgIpc) is 2.04. The monoisotopic (exact) mass is 168 g/mol. The molecule has 1 aromatic rings. The summed E-state index contributed by atoms with van der Waals surface area (Å²) >= 11 is 0. The first-order valence-corrected chi connectivity index (χ1v) is 3.78. The number of phenolic OH excluding ortho intramolecular Hbond substituents is 1. The molecular formula is C9H12O3. The number of ether oxygens (including phenoxy) is 1. The second-order valence-electron chi connectivity index (χ2n) is 2.50. The summed E-state index contributed by atoms with van der Waals surface area (Å²) in [5, 5.41) is 17.8. The molecule has 0 saturated carbocycles. The summed E-state index contributed by atoms with van der Waals surface area (Å²) in [6.07, 6.45) is 0. The van der Waals surface area contributed by atoms with Gasteiger partial charge in [-0.25, -0.2) is 0 Å². The molecule has 0 spiro atoms. The number of rotatable bonds is 3. The molecule has 0 saturated heterocycles. The topological polar surface area (TPSA) is 49.7 Å². The molecule has 3 nitrogen and oxygen atoms in total. The highest BCUT2D eigenvalue weighted by atomic mass is 16.5. The molecule has 0 aliphatic heterocycles. The van der Waals surface area contributed by atoms with Gasteiger partial charge in [-0.1, -0.05) is 12.1 Å². The Labute approximate surface area is 71.2 Å². The SMILES string of the molecule is Cc1cccc(O)c1OCCO. The van der Waals surface area contributed by atoms with Gasteiger partial charge < -0.3 is 14.9 Å². The van der Waals surface area contributed by atoms with E-state index in [1.807, 2.05) is 13.0 Å². The van der Waals surface area contributed by atoms with Crippen molar-refractivity contribution >= 4 is 0 Å². The number of aryl methyl sites for hydroxylation is 1. The van der Waals surface area contributed by atoms with E-state index in [1.54, 1.807) is 12.1 Å². The zero-order valence-corrected chi connectivity index (χ0v) is 6.95. The highest BCUT2D eigenvalue weighted by Crippen LogP contribution is 2.28. The minimum Gasteiger partial charge on any atom is -0.504 e. The first kappa shape index (κ1) is 8.87. The lowest BCUT2D eigenvalue weighted by Crippen LogP contribution is -2.02. The normalized spacial score (nSPS) is 9.83. The van der Waals surface area contributed by atoms with Crippen LogP contribution < -0.4 is 4.74 Å². The summed E-state index contributed by atoms with van der Waals surface area (Å²) in [5.41, 5.74) is 0.864. The number of para-hydroxylation sites is 1. The molecule has 0 unspecified atom stereocenters. The number of benzene rings is 1. The van der Waals surface area contributed by atoms with Crippen LogP contribution in [0.1, 0.15) is 5.56 Å². The molecule has 0 bridgehead atoms. The van der Waals surface area contributed by atoms with Crippen LogP contribution in [0, 0.1) is 6.92 Å². The summed E-state index contributed by atoms with van der Waals surface area (Å²) in [6.45, 7) is 2.00. The van der Waals surface area contributed by atoms with Crippen LogP contribution in [0.2, 0.25) is 0 Å². The van der Waals surface area contributed by atoms with Gasteiger partial charge in [-0.15, -0.1) is 0 Å². The smallest absolute Gasteiger partial charge is 0.163 e. The predicted octanol–water partition coefficient (Wildman–Crippen LogP) is 1.07. The first-order chi connectivity index (χ1) is 5.75. The fraction of sp³-hybridized carbons (Fsp3) is 0.333. The highest BCUT2D eigenvalue weighted by Gasteiger charge is 2.03. The van der Waals surface area contributed by atoms with Crippen molar-refractivity contribution in [3.8, 4) is 11.5 Å². The van der Waals surface area contributed by atoms with Crippen LogP contribution in [0.3, 0.4) is 0 Å². The second-order valence-corrected chi connectivity index (χ2v) is 2.50. The molecule has 1 aromatic carbocycles. The largest absolute Gasteiger partial charge is 0.504 e. The van der Waals surface area contributed by atoms with E-state index in [0.717, 1.165) is 5.56 Å². The maximum atomic E-state index is 9.31. The molecule has 0 aliphatic carbocycles. The molecule has 12 heavy (non-hydrogen) atoms. The Hall–Kier alpha value is -1.22. The van der Waals surface area contributed by atoms with Crippen molar-refractivity contribution in [3.05, 3.63) is 23.8 Å². The van der Waals surface area contributed by atoms with Gasteiger partial charge in [0.1, 0.15) is 6.61 Å². The van der Waals surface area contributed by atoms with E-state index in [9.17, 15) is 5.11 Å². The van der Waals surface area contributed by atoms with E-state index in [1.165, 1.54) is 0 Å². The van der Waals surface area contributed by atoms with Crippen molar-refractivity contribution in [1.29, 1.82) is 0 Å². The van der Waals surface area contributed by atoms with Crippen LogP contribution in [0.4, 0.5) is 0 Å². The first-order valence-electron chi connectivity index (χ1n) is 3.78. The summed E-state index contributed by atoms with van der Waals surface area (Å²) in [7, 11) is 0.